The van der Waals surface area contributed by atoms with Crippen LogP contribution in [-0.2, 0) is 0 Å². The predicted molar refractivity (Wildman–Crippen MR) is 187 cm³/mol. The molecule has 0 N–H and O–H groups in total. The third-order valence-electron chi connectivity index (χ3n) is 8.24. The lowest BCUT2D eigenvalue weighted by molar-refractivity contribution is 1.07. The van der Waals surface area contributed by atoms with E-state index in [4.69, 9.17) is 16.6 Å². The van der Waals surface area contributed by atoms with Gasteiger partial charge in [0.05, 0.1) is 0 Å². The first kappa shape index (κ1) is 26.9. The van der Waals surface area contributed by atoms with E-state index in [9.17, 15) is 0 Å². The minimum atomic E-state index is 0.162. The van der Waals surface area contributed by atoms with Crippen LogP contribution < -0.4 is 0 Å². The van der Waals surface area contributed by atoms with E-state index in [0.717, 1.165) is 44.2 Å². The van der Waals surface area contributed by atoms with Crippen LogP contribution >= 0.6 is 11.6 Å². The molecule has 0 aliphatic rings. The summed E-state index contributed by atoms with van der Waals surface area (Å²) in [6.07, 6.45) is 0. The molecule has 0 aliphatic heterocycles. The molecule has 0 atom stereocenters. The SMILES string of the molecule is Clc1nc(-c2cccc(-c3cccc(-c4ccc5ccccc5c4)c3)c2)nc(-c2cccc3ccc(-c4ccccc4)cc23)n1. The Morgan fingerprint density at radius 1 is 0.333 bits per heavy atom. The molecule has 0 fully saturated rings. The lowest BCUT2D eigenvalue weighted by atomic mass is 9.96. The Hall–Kier alpha value is -5.64. The van der Waals surface area contributed by atoms with Gasteiger partial charge in [0.1, 0.15) is 0 Å². The van der Waals surface area contributed by atoms with Crippen LogP contribution in [0.4, 0.5) is 0 Å². The molecule has 0 amide bonds. The molecule has 0 saturated carbocycles. The van der Waals surface area contributed by atoms with Gasteiger partial charge in [-0.3, -0.25) is 0 Å². The maximum absolute atomic E-state index is 6.55. The number of hydrogen-bond donors (Lipinski definition) is 0. The molecule has 1 heterocycles. The molecular weight excluding hydrogens is 570 g/mol. The Kier molecular flexibility index (Phi) is 6.86. The highest BCUT2D eigenvalue weighted by atomic mass is 35.5. The van der Waals surface area contributed by atoms with E-state index < -0.39 is 0 Å². The van der Waals surface area contributed by atoms with E-state index in [0.29, 0.717) is 11.6 Å². The summed E-state index contributed by atoms with van der Waals surface area (Å²) in [6, 6.07) is 55.0. The smallest absolute Gasteiger partial charge is 0.208 e. The van der Waals surface area contributed by atoms with Crippen molar-refractivity contribution in [1.29, 1.82) is 0 Å². The molecule has 0 bridgehead atoms. The maximum Gasteiger partial charge on any atom is 0.226 e. The molecule has 212 valence electrons. The summed E-state index contributed by atoms with van der Waals surface area (Å²) in [5.41, 5.74) is 8.62. The van der Waals surface area contributed by atoms with Gasteiger partial charge in [0.2, 0.25) is 5.28 Å². The van der Waals surface area contributed by atoms with Gasteiger partial charge in [-0.2, -0.15) is 9.97 Å². The van der Waals surface area contributed by atoms with E-state index in [1.807, 2.05) is 30.3 Å². The maximum atomic E-state index is 6.55. The van der Waals surface area contributed by atoms with E-state index in [2.05, 4.69) is 137 Å². The van der Waals surface area contributed by atoms with Crippen molar-refractivity contribution in [1.82, 2.24) is 15.0 Å². The first-order valence-corrected chi connectivity index (χ1v) is 15.3. The summed E-state index contributed by atoms with van der Waals surface area (Å²) in [5, 5.41) is 4.80. The van der Waals surface area contributed by atoms with Gasteiger partial charge in [0.15, 0.2) is 11.6 Å². The minimum Gasteiger partial charge on any atom is -0.208 e. The summed E-state index contributed by atoms with van der Waals surface area (Å²) in [5.74, 6) is 1.08. The molecular formula is C41H26ClN3. The van der Waals surface area contributed by atoms with Crippen molar-refractivity contribution in [3.8, 4) is 56.2 Å². The Morgan fingerprint density at radius 2 is 0.867 bits per heavy atom. The summed E-state index contributed by atoms with van der Waals surface area (Å²) in [4.78, 5) is 14.1. The average molecular weight is 596 g/mol. The lowest BCUT2D eigenvalue weighted by Gasteiger charge is -2.11. The first-order valence-electron chi connectivity index (χ1n) is 14.9. The highest BCUT2D eigenvalue weighted by molar-refractivity contribution is 6.28. The lowest BCUT2D eigenvalue weighted by Crippen LogP contribution is -1.98. The predicted octanol–water partition coefficient (Wildman–Crippen LogP) is 11.2. The van der Waals surface area contributed by atoms with E-state index in [-0.39, 0.29) is 5.28 Å². The van der Waals surface area contributed by atoms with Crippen LogP contribution in [0.5, 0.6) is 0 Å². The van der Waals surface area contributed by atoms with Gasteiger partial charge >= 0.3 is 0 Å². The normalized spacial score (nSPS) is 11.2. The number of fused-ring (bicyclic) bond motifs is 2. The molecule has 0 radical (unpaired) electrons. The number of benzene rings is 7. The minimum absolute atomic E-state index is 0.162. The molecule has 4 heteroatoms. The first-order chi connectivity index (χ1) is 22.2. The van der Waals surface area contributed by atoms with Crippen LogP contribution in [0.25, 0.3) is 77.7 Å². The van der Waals surface area contributed by atoms with Crippen LogP contribution in [-0.4, -0.2) is 15.0 Å². The zero-order chi connectivity index (χ0) is 30.2. The van der Waals surface area contributed by atoms with Crippen LogP contribution in [0.3, 0.4) is 0 Å². The molecule has 45 heavy (non-hydrogen) atoms. The van der Waals surface area contributed by atoms with Crippen molar-refractivity contribution >= 4 is 33.1 Å². The number of nitrogens with zero attached hydrogens (tertiary/aromatic N) is 3. The van der Waals surface area contributed by atoms with Crippen LogP contribution in [0.15, 0.2) is 158 Å². The van der Waals surface area contributed by atoms with Crippen molar-refractivity contribution < 1.29 is 0 Å². The second-order valence-corrected chi connectivity index (χ2v) is 11.4. The van der Waals surface area contributed by atoms with Gasteiger partial charge in [0.25, 0.3) is 0 Å². The summed E-state index contributed by atoms with van der Waals surface area (Å²) in [7, 11) is 0. The Labute approximate surface area is 266 Å². The number of halogens is 1. The molecule has 0 aliphatic carbocycles. The average Bonchev–Trinajstić information content (AvgIpc) is 3.11. The van der Waals surface area contributed by atoms with E-state index in [1.54, 1.807) is 0 Å². The molecule has 0 saturated heterocycles. The van der Waals surface area contributed by atoms with Crippen molar-refractivity contribution in [2.75, 3.05) is 0 Å². The molecule has 7 aromatic carbocycles. The van der Waals surface area contributed by atoms with Crippen LogP contribution in [0.1, 0.15) is 0 Å². The van der Waals surface area contributed by atoms with Gasteiger partial charge in [-0.05, 0) is 90.8 Å². The number of aromatic nitrogens is 3. The van der Waals surface area contributed by atoms with Gasteiger partial charge in [-0.15, -0.1) is 0 Å². The monoisotopic (exact) mass is 595 g/mol. The summed E-state index contributed by atoms with van der Waals surface area (Å²) < 4.78 is 0. The molecule has 0 unspecified atom stereocenters. The quantitative estimate of drug-likeness (QED) is 0.199. The third-order valence-corrected chi connectivity index (χ3v) is 8.41. The third kappa shape index (κ3) is 5.35. The van der Waals surface area contributed by atoms with Crippen molar-refractivity contribution in [3.05, 3.63) is 163 Å². The largest absolute Gasteiger partial charge is 0.226 e. The summed E-state index contributed by atoms with van der Waals surface area (Å²) >= 11 is 6.55. The standard InChI is InChI=1S/C41H26ClN3/c42-41-44-39(43-40(45-41)37-18-8-13-29-20-22-35(26-38(29)37)27-9-2-1-3-10-27)36-17-7-16-33(25-36)31-14-6-15-32(24-31)34-21-19-28-11-4-5-12-30(28)23-34/h1-26H. The van der Waals surface area contributed by atoms with Crippen molar-refractivity contribution in [2.24, 2.45) is 0 Å². The fourth-order valence-corrected chi connectivity index (χ4v) is 6.12. The zero-order valence-corrected chi connectivity index (χ0v) is 25.0. The fourth-order valence-electron chi connectivity index (χ4n) is 5.96. The number of hydrogen-bond acceptors (Lipinski definition) is 3. The van der Waals surface area contributed by atoms with E-state index in [1.165, 1.54) is 21.9 Å². The molecule has 3 nitrogen and oxygen atoms in total. The van der Waals surface area contributed by atoms with Gasteiger partial charge in [-0.25, -0.2) is 4.98 Å². The highest BCUT2D eigenvalue weighted by Gasteiger charge is 2.14. The second-order valence-electron chi connectivity index (χ2n) is 11.1. The molecule has 0 spiro atoms. The van der Waals surface area contributed by atoms with Gasteiger partial charge < -0.3 is 0 Å². The zero-order valence-electron chi connectivity index (χ0n) is 24.2. The van der Waals surface area contributed by atoms with Gasteiger partial charge in [0, 0.05) is 11.1 Å². The molecule has 8 aromatic rings. The van der Waals surface area contributed by atoms with Crippen LogP contribution in [0, 0.1) is 0 Å². The van der Waals surface area contributed by atoms with Crippen LogP contribution in [0.2, 0.25) is 5.28 Å². The highest BCUT2D eigenvalue weighted by Crippen LogP contribution is 2.34. The Morgan fingerprint density at radius 3 is 1.64 bits per heavy atom. The fraction of sp³-hybridized carbons (Fsp3) is 0. The molecule has 1 aromatic heterocycles. The van der Waals surface area contributed by atoms with E-state index >= 15 is 0 Å². The number of rotatable bonds is 5. The Bertz CT molecular complexity index is 2350. The summed E-state index contributed by atoms with van der Waals surface area (Å²) in [6.45, 7) is 0. The van der Waals surface area contributed by atoms with Crippen molar-refractivity contribution in [3.63, 3.8) is 0 Å². The van der Waals surface area contributed by atoms with Gasteiger partial charge in [-0.1, -0.05) is 133 Å². The molecule has 8 rings (SSSR count). The topological polar surface area (TPSA) is 38.7 Å². The Balaban J connectivity index is 1.17. The van der Waals surface area contributed by atoms with Crippen molar-refractivity contribution in [2.45, 2.75) is 0 Å². The second kappa shape index (κ2) is 11.5.